The second kappa shape index (κ2) is 7.73. The molecule has 1 heterocycles. The number of nitrogens with zero attached hydrogens (tertiary/aromatic N) is 2. The van der Waals surface area contributed by atoms with Gasteiger partial charge < -0.3 is 5.11 Å². The smallest absolute Gasteiger partial charge is 0.384 e. The number of alkyl halides is 3. The zero-order chi connectivity index (χ0) is 21.2. The van der Waals surface area contributed by atoms with E-state index < -0.39 is 21.7 Å². The molecular formula is C20H15F3N2O3S. The number of aromatic nitrogens is 2. The molecule has 0 unspecified atom stereocenters. The molecular weight excluding hydrogens is 405 g/mol. The minimum Gasteiger partial charge on any atom is -0.384 e. The van der Waals surface area contributed by atoms with Crippen molar-refractivity contribution in [2.75, 3.05) is 12.9 Å². The molecule has 0 radical (unpaired) electrons. The number of hydrogen-bond donors (Lipinski definition) is 1. The van der Waals surface area contributed by atoms with E-state index in [1.165, 1.54) is 24.3 Å². The van der Waals surface area contributed by atoms with Gasteiger partial charge in [0.1, 0.15) is 6.61 Å². The summed E-state index contributed by atoms with van der Waals surface area (Å²) in [7, 11) is -3.43. The van der Waals surface area contributed by atoms with Crippen LogP contribution >= 0.6 is 0 Å². The van der Waals surface area contributed by atoms with Crippen molar-refractivity contribution in [1.82, 2.24) is 9.78 Å². The van der Waals surface area contributed by atoms with Gasteiger partial charge in [-0.05, 0) is 42.5 Å². The highest BCUT2D eigenvalue weighted by molar-refractivity contribution is 7.90. The predicted octanol–water partition coefficient (Wildman–Crippen LogP) is 3.31. The Labute approximate surface area is 165 Å². The van der Waals surface area contributed by atoms with Crippen molar-refractivity contribution >= 4 is 9.84 Å². The minimum absolute atomic E-state index is 0.0535. The standard InChI is InChI=1S/C20H15F3N2O3S/c1-29(27,28)17-10-8-16(9-11-17)25-18(13-19(24-25)20(21,22)23)15-6-4-14(5-7-15)3-2-12-26/h4-11,13,26H,12H2,1H3. The molecule has 0 saturated heterocycles. The third-order valence-electron chi connectivity index (χ3n) is 4.00. The summed E-state index contributed by atoms with van der Waals surface area (Å²) < 4.78 is 64.1. The van der Waals surface area contributed by atoms with Gasteiger partial charge in [-0.3, -0.25) is 0 Å². The third kappa shape index (κ3) is 4.67. The van der Waals surface area contributed by atoms with Gasteiger partial charge in [0.05, 0.1) is 16.3 Å². The van der Waals surface area contributed by atoms with E-state index in [2.05, 4.69) is 16.9 Å². The van der Waals surface area contributed by atoms with Gasteiger partial charge in [0.2, 0.25) is 0 Å². The lowest BCUT2D eigenvalue weighted by Crippen LogP contribution is -2.07. The highest BCUT2D eigenvalue weighted by atomic mass is 32.2. The lowest BCUT2D eigenvalue weighted by molar-refractivity contribution is -0.141. The van der Waals surface area contributed by atoms with Crippen molar-refractivity contribution in [3.05, 3.63) is 65.9 Å². The van der Waals surface area contributed by atoms with E-state index in [0.29, 0.717) is 11.1 Å². The molecule has 0 amide bonds. The Hall–Kier alpha value is -3.09. The van der Waals surface area contributed by atoms with Gasteiger partial charge in [-0.2, -0.15) is 18.3 Å². The van der Waals surface area contributed by atoms with Gasteiger partial charge in [-0.15, -0.1) is 0 Å². The molecule has 0 aliphatic carbocycles. The van der Waals surface area contributed by atoms with Crippen LogP contribution in [0.15, 0.2) is 59.5 Å². The Morgan fingerprint density at radius 1 is 1.07 bits per heavy atom. The normalized spacial score (nSPS) is 11.8. The number of aliphatic hydroxyl groups excluding tert-OH is 1. The van der Waals surface area contributed by atoms with Crippen LogP contribution in [-0.4, -0.2) is 36.2 Å². The van der Waals surface area contributed by atoms with E-state index in [-0.39, 0.29) is 22.9 Å². The molecule has 0 fully saturated rings. The van der Waals surface area contributed by atoms with Crippen molar-refractivity contribution < 1.29 is 26.7 Å². The molecule has 1 N–H and O–H groups in total. The van der Waals surface area contributed by atoms with Crippen molar-refractivity contribution in [2.45, 2.75) is 11.1 Å². The molecule has 0 aliphatic rings. The average Bonchev–Trinajstić information content (AvgIpc) is 3.12. The second-order valence-electron chi connectivity index (χ2n) is 6.13. The van der Waals surface area contributed by atoms with Crippen LogP contribution in [0.3, 0.4) is 0 Å². The molecule has 1 aromatic heterocycles. The molecule has 0 aliphatic heterocycles. The van der Waals surface area contributed by atoms with Crippen molar-refractivity contribution in [1.29, 1.82) is 0 Å². The molecule has 2 aromatic carbocycles. The lowest BCUT2D eigenvalue weighted by Gasteiger charge is -2.09. The summed E-state index contributed by atoms with van der Waals surface area (Å²) in [5.41, 5.74) is 0.471. The van der Waals surface area contributed by atoms with E-state index in [1.807, 2.05) is 0 Å². The second-order valence-corrected chi connectivity index (χ2v) is 8.14. The van der Waals surface area contributed by atoms with Gasteiger partial charge in [0, 0.05) is 17.4 Å². The van der Waals surface area contributed by atoms with Crippen LogP contribution in [0.5, 0.6) is 0 Å². The molecule has 29 heavy (non-hydrogen) atoms. The van der Waals surface area contributed by atoms with E-state index in [1.54, 1.807) is 24.3 Å². The first-order chi connectivity index (χ1) is 13.6. The first-order valence-corrected chi connectivity index (χ1v) is 10.2. The molecule has 9 heteroatoms. The predicted molar refractivity (Wildman–Crippen MR) is 101 cm³/mol. The average molecular weight is 420 g/mol. The summed E-state index contributed by atoms with van der Waals surface area (Å²) in [6.45, 7) is -0.299. The molecule has 0 spiro atoms. The summed E-state index contributed by atoms with van der Waals surface area (Å²) in [5.74, 6) is 5.20. The molecule has 150 valence electrons. The number of halogens is 3. The summed E-state index contributed by atoms with van der Waals surface area (Å²) in [6.07, 6.45) is -3.59. The van der Waals surface area contributed by atoms with Crippen LogP contribution < -0.4 is 0 Å². The summed E-state index contributed by atoms with van der Waals surface area (Å²) in [4.78, 5) is 0.0535. The maximum Gasteiger partial charge on any atom is 0.435 e. The number of aliphatic hydroxyl groups is 1. The van der Waals surface area contributed by atoms with Crippen LogP contribution in [-0.2, 0) is 16.0 Å². The Kier molecular flexibility index (Phi) is 5.50. The van der Waals surface area contributed by atoms with Gasteiger partial charge in [-0.25, -0.2) is 13.1 Å². The maximum atomic E-state index is 13.2. The SMILES string of the molecule is CS(=O)(=O)c1ccc(-n2nc(C(F)(F)F)cc2-c2ccc(C#CCO)cc2)cc1. The van der Waals surface area contributed by atoms with E-state index in [4.69, 9.17) is 5.11 Å². The first kappa shape index (κ1) is 20.6. The third-order valence-corrected chi connectivity index (χ3v) is 5.13. The molecule has 0 saturated carbocycles. The summed E-state index contributed by atoms with van der Waals surface area (Å²) >= 11 is 0. The number of benzene rings is 2. The highest BCUT2D eigenvalue weighted by Gasteiger charge is 2.35. The molecule has 0 bridgehead atoms. The Balaban J connectivity index is 2.11. The Morgan fingerprint density at radius 2 is 1.69 bits per heavy atom. The quantitative estimate of drug-likeness (QED) is 0.660. The van der Waals surface area contributed by atoms with Crippen LogP contribution in [0.4, 0.5) is 13.2 Å². The van der Waals surface area contributed by atoms with Gasteiger partial charge >= 0.3 is 6.18 Å². The van der Waals surface area contributed by atoms with Crippen molar-refractivity contribution in [3.63, 3.8) is 0 Å². The van der Waals surface area contributed by atoms with Gasteiger partial charge in [0.15, 0.2) is 15.5 Å². The zero-order valence-electron chi connectivity index (χ0n) is 15.1. The topological polar surface area (TPSA) is 72.2 Å². The number of sulfone groups is 1. The van der Waals surface area contributed by atoms with Crippen molar-refractivity contribution in [3.8, 4) is 28.8 Å². The highest BCUT2D eigenvalue weighted by Crippen LogP contribution is 2.33. The number of hydrogen-bond acceptors (Lipinski definition) is 4. The van der Waals surface area contributed by atoms with Crippen LogP contribution in [0.1, 0.15) is 11.3 Å². The van der Waals surface area contributed by atoms with Crippen LogP contribution in [0.25, 0.3) is 16.9 Å². The fourth-order valence-corrected chi connectivity index (χ4v) is 3.25. The minimum atomic E-state index is -4.64. The first-order valence-electron chi connectivity index (χ1n) is 8.27. The summed E-state index contributed by atoms with van der Waals surface area (Å²) in [5, 5.41) is 12.4. The fourth-order valence-electron chi connectivity index (χ4n) is 2.62. The van der Waals surface area contributed by atoms with Gasteiger partial charge in [0.25, 0.3) is 0 Å². The van der Waals surface area contributed by atoms with Crippen LogP contribution in [0.2, 0.25) is 0 Å². The van der Waals surface area contributed by atoms with Gasteiger partial charge in [-0.1, -0.05) is 24.0 Å². The molecule has 3 rings (SSSR count). The summed E-state index contributed by atoms with van der Waals surface area (Å²) in [6, 6.07) is 12.8. The van der Waals surface area contributed by atoms with E-state index in [9.17, 15) is 21.6 Å². The Morgan fingerprint density at radius 3 is 2.21 bits per heavy atom. The zero-order valence-corrected chi connectivity index (χ0v) is 15.9. The van der Waals surface area contributed by atoms with Crippen LogP contribution in [0, 0.1) is 11.8 Å². The largest absolute Gasteiger partial charge is 0.435 e. The Bertz CT molecular complexity index is 1180. The molecule has 3 aromatic rings. The van der Waals surface area contributed by atoms with Crippen molar-refractivity contribution in [2.24, 2.45) is 0 Å². The number of rotatable bonds is 3. The fraction of sp³-hybridized carbons (Fsp3) is 0.150. The maximum absolute atomic E-state index is 13.2. The molecule has 5 nitrogen and oxygen atoms in total. The van der Waals surface area contributed by atoms with E-state index >= 15 is 0 Å². The molecule has 0 atom stereocenters. The monoisotopic (exact) mass is 420 g/mol. The lowest BCUT2D eigenvalue weighted by atomic mass is 10.1. The van der Waals surface area contributed by atoms with E-state index in [0.717, 1.165) is 17.0 Å².